The fourth-order valence-corrected chi connectivity index (χ4v) is 3.28. The van der Waals surface area contributed by atoms with Crippen LogP contribution in [0, 0.1) is 0 Å². The SMILES string of the molecule is O=c1[nH]c(/C=C/c2csnn2)nc2sc(Br)cc12. The molecule has 18 heavy (non-hydrogen) atoms. The van der Waals surface area contributed by atoms with Gasteiger partial charge in [-0.25, -0.2) is 4.98 Å². The van der Waals surface area contributed by atoms with Crippen molar-refractivity contribution in [3.8, 4) is 0 Å². The molecule has 8 heteroatoms. The minimum atomic E-state index is -0.141. The number of nitrogens with one attached hydrogen (secondary N) is 1. The zero-order valence-corrected chi connectivity index (χ0v) is 12.0. The maximum Gasteiger partial charge on any atom is 0.259 e. The van der Waals surface area contributed by atoms with Gasteiger partial charge in [0.15, 0.2) is 0 Å². The maximum atomic E-state index is 11.8. The molecule has 0 spiro atoms. The van der Waals surface area contributed by atoms with Crippen LogP contribution in [-0.4, -0.2) is 19.6 Å². The predicted molar refractivity (Wildman–Crippen MR) is 76.8 cm³/mol. The summed E-state index contributed by atoms with van der Waals surface area (Å²) in [4.78, 5) is 19.6. The summed E-state index contributed by atoms with van der Waals surface area (Å²) in [6.07, 6.45) is 3.47. The van der Waals surface area contributed by atoms with Crippen molar-refractivity contribution in [3.05, 3.63) is 37.1 Å². The molecule has 0 aromatic carbocycles. The van der Waals surface area contributed by atoms with Gasteiger partial charge in [-0.1, -0.05) is 4.49 Å². The van der Waals surface area contributed by atoms with E-state index in [0.717, 1.165) is 9.48 Å². The Morgan fingerprint density at radius 2 is 2.28 bits per heavy atom. The second-order valence-electron chi connectivity index (χ2n) is 3.38. The number of aromatic nitrogens is 4. The van der Waals surface area contributed by atoms with Gasteiger partial charge in [0.2, 0.25) is 0 Å². The van der Waals surface area contributed by atoms with Gasteiger partial charge in [-0.3, -0.25) is 4.79 Å². The minimum absolute atomic E-state index is 0.141. The molecule has 1 N–H and O–H groups in total. The summed E-state index contributed by atoms with van der Waals surface area (Å²) in [5.74, 6) is 0.509. The van der Waals surface area contributed by atoms with Crippen molar-refractivity contribution in [1.82, 2.24) is 19.6 Å². The number of nitrogens with zero attached hydrogens (tertiary/aromatic N) is 3. The average molecular weight is 341 g/mol. The summed E-state index contributed by atoms with van der Waals surface area (Å²) in [5.41, 5.74) is 0.605. The van der Waals surface area contributed by atoms with Crippen molar-refractivity contribution < 1.29 is 0 Å². The Morgan fingerprint density at radius 3 is 3.06 bits per heavy atom. The van der Waals surface area contributed by atoms with Crippen LogP contribution in [0.15, 0.2) is 20.0 Å². The normalized spacial score (nSPS) is 11.6. The minimum Gasteiger partial charge on any atom is -0.306 e. The van der Waals surface area contributed by atoms with Crippen molar-refractivity contribution in [2.45, 2.75) is 0 Å². The molecule has 0 saturated heterocycles. The van der Waals surface area contributed by atoms with Gasteiger partial charge < -0.3 is 4.98 Å². The van der Waals surface area contributed by atoms with Gasteiger partial charge in [0, 0.05) is 5.38 Å². The second kappa shape index (κ2) is 4.71. The van der Waals surface area contributed by atoms with Crippen LogP contribution < -0.4 is 5.56 Å². The molecule has 3 heterocycles. The first-order chi connectivity index (χ1) is 8.72. The molecule has 3 aromatic heterocycles. The summed E-state index contributed by atoms with van der Waals surface area (Å²) < 4.78 is 4.64. The van der Waals surface area contributed by atoms with Crippen molar-refractivity contribution in [2.75, 3.05) is 0 Å². The molecule has 90 valence electrons. The molecule has 0 aliphatic rings. The summed E-state index contributed by atoms with van der Waals surface area (Å²) in [6, 6.07) is 1.77. The molecule has 0 saturated carbocycles. The quantitative estimate of drug-likeness (QED) is 0.778. The number of thiophene rings is 1. The third-order valence-corrected chi connectivity index (χ3v) is 4.23. The summed E-state index contributed by atoms with van der Waals surface area (Å²) >= 11 is 6.05. The van der Waals surface area contributed by atoms with Gasteiger partial charge in [0.25, 0.3) is 5.56 Å². The largest absolute Gasteiger partial charge is 0.306 e. The Hall–Kier alpha value is -1.38. The summed E-state index contributed by atoms with van der Waals surface area (Å²) in [6.45, 7) is 0. The monoisotopic (exact) mass is 340 g/mol. The van der Waals surface area contributed by atoms with E-state index >= 15 is 0 Å². The third-order valence-electron chi connectivity index (χ3n) is 2.18. The van der Waals surface area contributed by atoms with Gasteiger partial charge in [0.1, 0.15) is 10.7 Å². The van der Waals surface area contributed by atoms with Gasteiger partial charge >= 0.3 is 0 Å². The molecule has 0 radical (unpaired) electrons. The van der Waals surface area contributed by atoms with Crippen molar-refractivity contribution in [3.63, 3.8) is 0 Å². The molecule has 3 aromatic rings. The number of fused-ring (bicyclic) bond motifs is 1. The van der Waals surface area contributed by atoms with Crippen LogP contribution >= 0.6 is 38.8 Å². The molecule has 5 nitrogen and oxygen atoms in total. The van der Waals surface area contributed by atoms with Crippen LogP contribution in [0.5, 0.6) is 0 Å². The number of hydrogen-bond acceptors (Lipinski definition) is 6. The summed E-state index contributed by atoms with van der Waals surface area (Å²) in [7, 11) is 0. The number of H-pyrrole nitrogens is 1. The fourth-order valence-electron chi connectivity index (χ4n) is 1.41. The third kappa shape index (κ3) is 2.26. The molecule has 0 amide bonds. The Balaban J connectivity index is 2.05. The number of halogens is 1. The topological polar surface area (TPSA) is 71.5 Å². The van der Waals surface area contributed by atoms with E-state index in [9.17, 15) is 4.79 Å². The molecular weight excluding hydrogens is 336 g/mol. The number of aromatic amines is 1. The first-order valence-corrected chi connectivity index (χ1v) is 7.31. The number of hydrogen-bond donors (Lipinski definition) is 1. The Morgan fingerprint density at radius 1 is 1.39 bits per heavy atom. The first-order valence-electron chi connectivity index (χ1n) is 4.87. The highest BCUT2D eigenvalue weighted by Gasteiger charge is 2.06. The van der Waals surface area contributed by atoms with Crippen LogP contribution in [0.4, 0.5) is 0 Å². The van der Waals surface area contributed by atoms with Crippen molar-refractivity contribution in [1.29, 1.82) is 0 Å². The molecule has 0 atom stereocenters. The second-order valence-corrected chi connectivity index (χ2v) is 6.40. The van der Waals surface area contributed by atoms with Gasteiger partial charge in [-0.05, 0) is 45.7 Å². The highest BCUT2D eigenvalue weighted by molar-refractivity contribution is 9.11. The Kier molecular flexibility index (Phi) is 3.06. The molecule has 0 aliphatic carbocycles. The van der Waals surface area contributed by atoms with Crippen molar-refractivity contribution in [2.24, 2.45) is 0 Å². The van der Waals surface area contributed by atoms with E-state index in [-0.39, 0.29) is 5.56 Å². The fraction of sp³-hybridized carbons (Fsp3) is 0. The average Bonchev–Trinajstić information content (AvgIpc) is 2.94. The molecule has 0 fully saturated rings. The highest BCUT2D eigenvalue weighted by Crippen LogP contribution is 2.25. The lowest BCUT2D eigenvalue weighted by Crippen LogP contribution is -2.07. The zero-order valence-electron chi connectivity index (χ0n) is 8.75. The van der Waals surface area contributed by atoms with Gasteiger partial charge in [-0.15, -0.1) is 16.4 Å². The van der Waals surface area contributed by atoms with Crippen LogP contribution in [-0.2, 0) is 0 Å². The lowest BCUT2D eigenvalue weighted by atomic mass is 10.4. The van der Waals surface area contributed by atoms with E-state index in [1.54, 1.807) is 18.2 Å². The van der Waals surface area contributed by atoms with Gasteiger partial charge in [-0.2, -0.15) is 0 Å². The molecule has 0 bridgehead atoms. The van der Waals surface area contributed by atoms with Crippen LogP contribution in [0.1, 0.15) is 11.5 Å². The van der Waals surface area contributed by atoms with E-state index in [4.69, 9.17) is 0 Å². The van der Waals surface area contributed by atoms with E-state index in [1.165, 1.54) is 22.9 Å². The highest BCUT2D eigenvalue weighted by atomic mass is 79.9. The van der Waals surface area contributed by atoms with Crippen molar-refractivity contribution >= 4 is 61.2 Å². The molecule has 3 rings (SSSR count). The van der Waals surface area contributed by atoms with Crippen LogP contribution in [0.2, 0.25) is 0 Å². The van der Waals surface area contributed by atoms with E-state index < -0.39 is 0 Å². The van der Waals surface area contributed by atoms with E-state index in [2.05, 4.69) is 35.5 Å². The lowest BCUT2D eigenvalue weighted by molar-refractivity contribution is 1.13. The van der Waals surface area contributed by atoms with Crippen LogP contribution in [0.3, 0.4) is 0 Å². The lowest BCUT2D eigenvalue weighted by Gasteiger charge is -1.92. The maximum absolute atomic E-state index is 11.8. The van der Waals surface area contributed by atoms with Crippen LogP contribution in [0.25, 0.3) is 22.4 Å². The first kappa shape index (κ1) is 11.7. The molecular formula is C10H5BrN4OS2. The van der Waals surface area contributed by atoms with Gasteiger partial charge in [0.05, 0.1) is 14.9 Å². The molecule has 0 aliphatic heterocycles. The zero-order chi connectivity index (χ0) is 12.5. The smallest absolute Gasteiger partial charge is 0.259 e. The van der Waals surface area contributed by atoms with E-state index in [0.29, 0.717) is 16.0 Å². The Labute approximate surface area is 118 Å². The number of rotatable bonds is 2. The standard InChI is InChI=1S/C10H5BrN4OS2/c11-7-3-6-9(16)12-8(13-10(6)18-7)2-1-5-4-17-15-14-5/h1-4H,(H,12,13,16)/b2-1+. The Bertz CT molecular complexity index is 775. The summed E-state index contributed by atoms with van der Waals surface area (Å²) in [5, 5.41) is 6.29. The van der Waals surface area contributed by atoms with E-state index in [1.807, 2.05) is 5.38 Å². The predicted octanol–water partition coefficient (Wildman–Crippen LogP) is 2.77. The molecule has 0 unspecified atom stereocenters.